The van der Waals surface area contributed by atoms with Crippen LogP contribution in [0.15, 0.2) is 71.6 Å². The first-order valence-electron chi connectivity index (χ1n) is 7.77. The second-order valence-electron chi connectivity index (χ2n) is 5.44. The monoisotopic (exact) mass is 336 g/mol. The van der Waals surface area contributed by atoms with E-state index in [2.05, 4.69) is 5.10 Å². The minimum absolute atomic E-state index is 0.233. The summed E-state index contributed by atoms with van der Waals surface area (Å²) in [6.07, 6.45) is 14.2. The van der Waals surface area contributed by atoms with E-state index in [1.165, 1.54) is 4.92 Å². The molecule has 1 aliphatic heterocycles. The first-order valence-corrected chi connectivity index (χ1v) is 7.77. The van der Waals surface area contributed by atoms with Gasteiger partial charge in [0.25, 0.3) is 0 Å². The Labute approximate surface area is 146 Å². The Morgan fingerprint density at radius 2 is 2.04 bits per heavy atom. The molecule has 25 heavy (non-hydrogen) atoms. The molecule has 0 saturated heterocycles. The van der Waals surface area contributed by atoms with Crippen molar-refractivity contribution in [3.8, 4) is 5.75 Å². The summed E-state index contributed by atoms with van der Waals surface area (Å²) < 4.78 is 10.7. The van der Waals surface area contributed by atoms with Crippen LogP contribution in [0.2, 0.25) is 0 Å². The number of hydrogen-bond acceptors (Lipinski definition) is 6. The standard InChI is InChI=1S/C18H17BN2O4/c1-21-19(23)17-11-16(10-9-14(17)12-20-21)24-13-18(22)25-15-7-5-3-2-4-6-8-15/h2-12,23H,13H2,1H3. The molecular weight excluding hydrogens is 319 g/mol. The predicted octanol–water partition coefficient (Wildman–Crippen LogP) is 1.14. The van der Waals surface area contributed by atoms with Gasteiger partial charge >= 0.3 is 13.0 Å². The van der Waals surface area contributed by atoms with Crippen LogP contribution in [0.4, 0.5) is 0 Å². The molecule has 6 nitrogen and oxygen atoms in total. The Hall–Kier alpha value is -3.06. The van der Waals surface area contributed by atoms with Gasteiger partial charge in [0.05, 0.1) is 6.21 Å². The zero-order chi connectivity index (χ0) is 17.6. The number of rotatable bonds is 4. The summed E-state index contributed by atoms with van der Waals surface area (Å²) in [6.45, 7) is -0.233. The largest absolute Gasteiger partial charge is 0.482 e. The van der Waals surface area contributed by atoms with Crippen molar-refractivity contribution in [3.05, 3.63) is 72.1 Å². The van der Waals surface area contributed by atoms with Crippen LogP contribution < -0.4 is 10.2 Å². The molecule has 1 aliphatic carbocycles. The van der Waals surface area contributed by atoms with Gasteiger partial charge in [-0.2, -0.15) is 5.10 Å². The van der Waals surface area contributed by atoms with Gasteiger partial charge in [-0.25, -0.2) is 4.79 Å². The van der Waals surface area contributed by atoms with E-state index in [0.29, 0.717) is 17.0 Å². The molecule has 1 N–H and O–H groups in total. The molecule has 0 saturated carbocycles. The Morgan fingerprint density at radius 3 is 2.92 bits per heavy atom. The van der Waals surface area contributed by atoms with E-state index in [1.807, 2.05) is 18.2 Å². The molecule has 0 atom stereocenters. The van der Waals surface area contributed by atoms with Gasteiger partial charge in [0.1, 0.15) is 11.5 Å². The summed E-state index contributed by atoms with van der Waals surface area (Å²) in [4.78, 5) is 13.4. The maximum absolute atomic E-state index is 11.9. The molecule has 0 unspecified atom stereocenters. The van der Waals surface area contributed by atoms with E-state index in [9.17, 15) is 9.82 Å². The molecule has 1 aromatic rings. The highest BCUT2D eigenvalue weighted by atomic mass is 16.6. The lowest BCUT2D eigenvalue weighted by Gasteiger charge is -2.22. The number of hydrazone groups is 1. The number of carbonyl (C=O) groups is 1. The highest BCUT2D eigenvalue weighted by Crippen LogP contribution is 2.14. The molecule has 3 rings (SSSR count). The average molecular weight is 336 g/mol. The van der Waals surface area contributed by atoms with E-state index >= 15 is 0 Å². The number of fused-ring (bicyclic) bond motifs is 1. The van der Waals surface area contributed by atoms with Crippen LogP contribution in [0.5, 0.6) is 5.75 Å². The number of hydrogen-bond donors (Lipinski definition) is 1. The highest BCUT2D eigenvalue weighted by Gasteiger charge is 2.26. The molecular formula is C18H17BN2O4. The van der Waals surface area contributed by atoms with Gasteiger partial charge in [-0.15, -0.1) is 0 Å². The van der Waals surface area contributed by atoms with Gasteiger partial charge in [-0.1, -0.05) is 36.4 Å². The van der Waals surface area contributed by atoms with Crippen LogP contribution in [0.1, 0.15) is 5.56 Å². The summed E-state index contributed by atoms with van der Waals surface area (Å²) in [5.74, 6) is 0.405. The molecule has 2 aliphatic rings. The summed E-state index contributed by atoms with van der Waals surface area (Å²) in [5, 5.41) is 14.2. The maximum Gasteiger partial charge on any atom is 0.466 e. The lowest BCUT2D eigenvalue weighted by Crippen LogP contribution is -2.47. The van der Waals surface area contributed by atoms with E-state index in [1.54, 1.807) is 55.8 Å². The number of esters is 1. The van der Waals surface area contributed by atoms with Crippen molar-refractivity contribution in [2.24, 2.45) is 5.10 Å². The van der Waals surface area contributed by atoms with Gasteiger partial charge in [0.2, 0.25) is 0 Å². The summed E-state index contributed by atoms with van der Waals surface area (Å²) >= 11 is 0. The molecule has 0 bridgehead atoms. The normalized spacial score (nSPS) is 15.4. The van der Waals surface area contributed by atoms with Crippen LogP contribution in [-0.4, -0.2) is 42.8 Å². The maximum atomic E-state index is 11.9. The quantitative estimate of drug-likeness (QED) is 0.660. The van der Waals surface area contributed by atoms with Gasteiger partial charge in [0, 0.05) is 7.05 Å². The van der Waals surface area contributed by atoms with Crippen LogP contribution in [0.3, 0.4) is 0 Å². The van der Waals surface area contributed by atoms with Crippen molar-refractivity contribution >= 4 is 24.7 Å². The SMILES string of the molecule is CN1N=Cc2ccc(OCC(=O)OC3=CC=CC=CC=C3)cc2B1O. The van der Waals surface area contributed by atoms with Crippen molar-refractivity contribution in [2.45, 2.75) is 0 Å². The fourth-order valence-electron chi connectivity index (χ4n) is 2.32. The lowest BCUT2D eigenvalue weighted by atomic mass is 9.70. The van der Waals surface area contributed by atoms with E-state index in [-0.39, 0.29) is 6.61 Å². The summed E-state index contributed by atoms with van der Waals surface area (Å²) in [7, 11) is 0.829. The molecule has 0 radical (unpaired) electrons. The molecule has 0 spiro atoms. The van der Waals surface area contributed by atoms with Crippen molar-refractivity contribution in [2.75, 3.05) is 13.7 Å². The molecule has 1 aromatic carbocycles. The second kappa shape index (κ2) is 7.68. The Kier molecular flexibility index (Phi) is 5.16. The third-order valence-corrected chi connectivity index (χ3v) is 3.62. The number of carbonyl (C=O) groups excluding carboxylic acids is 1. The fourth-order valence-corrected chi connectivity index (χ4v) is 2.32. The Morgan fingerprint density at radius 1 is 1.24 bits per heavy atom. The van der Waals surface area contributed by atoms with Crippen molar-refractivity contribution in [1.82, 2.24) is 4.92 Å². The van der Waals surface area contributed by atoms with E-state index in [0.717, 1.165) is 5.56 Å². The van der Waals surface area contributed by atoms with Gasteiger partial charge in [-0.3, -0.25) is 0 Å². The average Bonchev–Trinajstić information content (AvgIpc) is 2.59. The Balaban J connectivity index is 1.60. The summed E-state index contributed by atoms with van der Waals surface area (Å²) in [6, 6.07) is 5.20. The number of nitrogens with zero attached hydrogens (tertiary/aromatic N) is 2. The zero-order valence-corrected chi connectivity index (χ0v) is 13.7. The van der Waals surface area contributed by atoms with E-state index in [4.69, 9.17) is 9.47 Å². The number of ether oxygens (including phenoxy) is 2. The molecule has 1 heterocycles. The minimum atomic E-state index is -0.847. The van der Waals surface area contributed by atoms with Crippen molar-refractivity contribution in [1.29, 1.82) is 0 Å². The molecule has 7 heteroatoms. The first-order chi connectivity index (χ1) is 12.1. The lowest BCUT2D eigenvalue weighted by molar-refractivity contribution is -0.141. The predicted molar refractivity (Wildman–Crippen MR) is 96.5 cm³/mol. The van der Waals surface area contributed by atoms with Crippen LogP contribution in [0, 0.1) is 0 Å². The van der Waals surface area contributed by atoms with Gasteiger partial charge in [-0.05, 0) is 35.3 Å². The molecule has 0 fully saturated rings. The minimum Gasteiger partial charge on any atom is -0.482 e. The Bertz CT molecular complexity index is 811. The van der Waals surface area contributed by atoms with Gasteiger partial charge in [0.15, 0.2) is 6.61 Å². The zero-order valence-electron chi connectivity index (χ0n) is 13.7. The highest BCUT2D eigenvalue weighted by molar-refractivity contribution is 6.65. The molecule has 126 valence electrons. The third-order valence-electron chi connectivity index (χ3n) is 3.62. The molecule has 0 aromatic heterocycles. The third kappa shape index (κ3) is 4.27. The number of allylic oxidation sites excluding steroid dienone is 7. The smallest absolute Gasteiger partial charge is 0.466 e. The van der Waals surface area contributed by atoms with Crippen molar-refractivity contribution < 1.29 is 19.3 Å². The molecule has 0 amide bonds. The topological polar surface area (TPSA) is 71.4 Å². The fraction of sp³-hybridized carbons (Fsp3) is 0.111. The second-order valence-corrected chi connectivity index (χ2v) is 5.44. The first kappa shape index (κ1) is 16.8. The summed E-state index contributed by atoms with van der Waals surface area (Å²) in [5.41, 5.74) is 1.48. The van der Waals surface area contributed by atoms with Gasteiger partial charge < -0.3 is 19.4 Å². The van der Waals surface area contributed by atoms with Crippen LogP contribution >= 0.6 is 0 Å². The van der Waals surface area contributed by atoms with E-state index < -0.39 is 13.0 Å². The van der Waals surface area contributed by atoms with Crippen molar-refractivity contribution in [3.63, 3.8) is 0 Å². The number of benzene rings is 1. The van der Waals surface area contributed by atoms with Crippen LogP contribution in [0.25, 0.3) is 0 Å². The van der Waals surface area contributed by atoms with Crippen LogP contribution in [-0.2, 0) is 9.53 Å².